The number of halogens is 1. The lowest BCUT2D eigenvalue weighted by atomic mass is 10.2. The second kappa shape index (κ2) is 6.22. The first-order valence-electron chi connectivity index (χ1n) is 6.75. The summed E-state index contributed by atoms with van der Waals surface area (Å²) in [7, 11) is 0. The summed E-state index contributed by atoms with van der Waals surface area (Å²) >= 11 is 0. The van der Waals surface area contributed by atoms with Crippen LogP contribution < -0.4 is 5.01 Å². The zero-order chi connectivity index (χ0) is 16.2. The minimum absolute atomic E-state index is 0.0132. The molecular weight excluding hydrogens is 301 g/mol. The molecule has 0 fully saturated rings. The molecule has 8 heteroatoms. The first kappa shape index (κ1) is 14.6. The molecule has 23 heavy (non-hydrogen) atoms. The van der Waals surface area contributed by atoms with Gasteiger partial charge in [-0.25, -0.2) is 9.07 Å². The molecule has 7 nitrogen and oxygen atoms in total. The molecule has 0 bridgehead atoms. The Kier molecular flexibility index (Phi) is 3.96. The molecule has 0 radical (unpaired) electrons. The van der Waals surface area contributed by atoms with Gasteiger partial charge in [0.15, 0.2) is 0 Å². The van der Waals surface area contributed by atoms with Crippen molar-refractivity contribution in [1.29, 1.82) is 0 Å². The van der Waals surface area contributed by atoms with Crippen molar-refractivity contribution in [3.8, 4) is 0 Å². The van der Waals surface area contributed by atoms with Crippen molar-refractivity contribution in [2.75, 3.05) is 5.01 Å². The van der Waals surface area contributed by atoms with Gasteiger partial charge in [-0.2, -0.15) is 0 Å². The van der Waals surface area contributed by atoms with E-state index in [1.807, 2.05) is 5.01 Å². The zero-order valence-corrected chi connectivity index (χ0v) is 11.9. The molecule has 3 rings (SSSR count). The number of aromatic nitrogens is 3. The van der Waals surface area contributed by atoms with Gasteiger partial charge in [-0.15, -0.1) is 10.2 Å². The summed E-state index contributed by atoms with van der Waals surface area (Å²) in [5, 5.41) is 20.1. The van der Waals surface area contributed by atoms with E-state index in [1.54, 1.807) is 28.9 Å². The second-order valence-corrected chi connectivity index (χ2v) is 4.80. The van der Waals surface area contributed by atoms with Crippen LogP contribution in [0.5, 0.6) is 0 Å². The molecule has 3 aromatic rings. The molecule has 0 unspecified atom stereocenters. The van der Waals surface area contributed by atoms with Crippen LogP contribution >= 0.6 is 0 Å². The van der Waals surface area contributed by atoms with E-state index in [-0.39, 0.29) is 11.5 Å². The third-order valence-corrected chi connectivity index (χ3v) is 3.29. The van der Waals surface area contributed by atoms with Gasteiger partial charge in [0.25, 0.3) is 5.69 Å². The van der Waals surface area contributed by atoms with Crippen LogP contribution in [0.3, 0.4) is 0 Å². The average molecular weight is 313 g/mol. The quantitative estimate of drug-likeness (QED) is 0.534. The lowest BCUT2D eigenvalue weighted by Crippen LogP contribution is -2.27. The summed E-state index contributed by atoms with van der Waals surface area (Å²) in [6, 6.07) is 12.3. The topological polar surface area (TPSA) is 77.1 Å². The Bertz CT molecular complexity index is 788. The predicted molar refractivity (Wildman–Crippen MR) is 81.1 cm³/mol. The maximum Gasteiger partial charge on any atom is 0.269 e. The van der Waals surface area contributed by atoms with E-state index in [0.717, 1.165) is 11.3 Å². The third kappa shape index (κ3) is 3.31. The average Bonchev–Trinajstić information content (AvgIpc) is 3.08. The number of non-ortho nitro benzene ring substituents is 1. The molecule has 0 aliphatic rings. The molecule has 116 valence electrons. The highest BCUT2D eigenvalue weighted by atomic mass is 19.1. The monoisotopic (exact) mass is 313 g/mol. The van der Waals surface area contributed by atoms with Crippen LogP contribution in [0.4, 0.5) is 15.8 Å². The molecule has 0 saturated heterocycles. The number of rotatable bonds is 5. The highest BCUT2D eigenvalue weighted by Crippen LogP contribution is 2.22. The fourth-order valence-corrected chi connectivity index (χ4v) is 2.14. The Balaban J connectivity index is 1.92. The zero-order valence-electron chi connectivity index (χ0n) is 11.9. The second-order valence-electron chi connectivity index (χ2n) is 4.80. The number of hydrogen-bond donors (Lipinski definition) is 0. The normalized spacial score (nSPS) is 10.5. The Morgan fingerprint density at radius 2 is 1.65 bits per heavy atom. The summed E-state index contributed by atoms with van der Waals surface area (Å²) in [6.07, 6.45) is 3.04. The van der Waals surface area contributed by atoms with Gasteiger partial charge in [-0.3, -0.25) is 15.1 Å². The molecule has 0 atom stereocenters. The van der Waals surface area contributed by atoms with Crippen LogP contribution in [-0.2, 0) is 6.54 Å². The van der Waals surface area contributed by atoms with Gasteiger partial charge in [0.05, 0.1) is 17.2 Å². The molecule has 0 amide bonds. The Labute approximate surface area is 130 Å². The van der Waals surface area contributed by atoms with Crippen molar-refractivity contribution < 1.29 is 9.31 Å². The van der Waals surface area contributed by atoms with Gasteiger partial charge in [-0.1, -0.05) is 12.1 Å². The fraction of sp³-hybridized carbons (Fsp3) is 0.0667. The van der Waals surface area contributed by atoms with Gasteiger partial charge >= 0.3 is 0 Å². The molecule has 0 spiro atoms. The maximum atomic E-state index is 13.0. The van der Waals surface area contributed by atoms with Gasteiger partial charge in [0, 0.05) is 12.1 Å². The van der Waals surface area contributed by atoms with Crippen molar-refractivity contribution in [3.05, 3.63) is 82.7 Å². The van der Waals surface area contributed by atoms with Crippen LogP contribution in [0.1, 0.15) is 5.56 Å². The van der Waals surface area contributed by atoms with Crippen LogP contribution in [0.2, 0.25) is 0 Å². The van der Waals surface area contributed by atoms with Crippen molar-refractivity contribution in [2.24, 2.45) is 0 Å². The molecule has 1 heterocycles. The first-order chi connectivity index (χ1) is 11.1. The van der Waals surface area contributed by atoms with Crippen molar-refractivity contribution in [3.63, 3.8) is 0 Å². The lowest BCUT2D eigenvalue weighted by molar-refractivity contribution is -0.384. The van der Waals surface area contributed by atoms with Crippen LogP contribution in [0.15, 0.2) is 61.2 Å². The molecule has 0 aliphatic carbocycles. The van der Waals surface area contributed by atoms with Gasteiger partial charge in [-0.05, 0) is 29.8 Å². The molecular formula is C15H12FN5O2. The van der Waals surface area contributed by atoms with Crippen molar-refractivity contribution in [2.45, 2.75) is 6.54 Å². The van der Waals surface area contributed by atoms with E-state index in [4.69, 9.17) is 0 Å². The van der Waals surface area contributed by atoms with Crippen molar-refractivity contribution in [1.82, 2.24) is 14.9 Å². The summed E-state index contributed by atoms with van der Waals surface area (Å²) in [5.41, 5.74) is 1.61. The molecule has 0 aliphatic heterocycles. The minimum atomic E-state index is -0.452. The van der Waals surface area contributed by atoms with Gasteiger partial charge in [0.1, 0.15) is 18.5 Å². The number of nitro benzene ring substituents is 1. The molecule has 0 saturated carbocycles. The van der Waals surface area contributed by atoms with Crippen LogP contribution in [0, 0.1) is 15.9 Å². The molecule has 0 N–H and O–H groups in total. The van der Waals surface area contributed by atoms with E-state index in [2.05, 4.69) is 10.2 Å². The lowest BCUT2D eigenvalue weighted by Gasteiger charge is -2.24. The van der Waals surface area contributed by atoms with Gasteiger partial charge in [0.2, 0.25) is 0 Å². The minimum Gasteiger partial charge on any atom is -0.274 e. The van der Waals surface area contributed by atoms with Crippen LogP contribution in [-0.4, -0.2) is 19.8 Å². The summed E-state index contributed by atoms with van der Waals surface area (Å²) < 4.78 is 14.7. The SMILES string of the molecule is O=[N+]([O-])c1ccc(N(Cc2ccc(F)cc2)n2cnnc2)cc1. The summed E-state index contributed by atoms with van der Waals surface area (Å²) in [5.74, 6) is -0.306. The molecule has 1 aromatic heterocycles. The molecule has 2 aromatic carbocycles. The van der Waals surface area contributed by atoms with E-state index in [0.29, 0.717) is 6.54 Å². The number of nitrogens with zero attached hydrogens (tertiary/aromatic N) is 5. The van der Waals surface area contributed by atoms with Crippen molar-refractivity contribution >= 4 is 11.4 Å². The van der Waals surface area contributed by atoms with E-state index in [1.165, 1.54) is 36.9 Å². The number of anilines is 1. The third-order valence-electron chi connectivity index (χ3n) is 3.29. The highest BCUT2D eigenvalue weighted by Gasteiger charge is 2.12. The number of nitro groups is 1. The first-order valence-corrected chi connectivity index (χ1v) is 6.75. The maximum absolute atomic E-state index is 13.0. The Hall–Kier alpha value is -3.29. The van der Waals surface area contributed by atoms with Crippen LogP contribution in [0.25, 0.3) is 0 Å². The fourth-order valence-electron chi connectivity index (χ4n) is 2.14. The highest BCUT2D eigenvalue weighted by molar-refractivity contribution is 5.50. The standard InChI is InChI=1S/C15H12FN5O2/c16-13-3-1-12(2-4-13)9-20(19-10-17-18-11-19)14-5-7-15(8-6-14)21(22)23/h1-8,10-11H,9H2. The Morgan fingerprint density at radius 1 is 1.04 bits per heavy atom. The summed E-state index contributed by atoms with van der Waals surface area (Å²) in [4.78, 5) is 10.3. The van der Waals surface area contributed by atoms with E-state index >= 15 is 0 Å². The smallest absolute Gasteiger partial charge is 0.269 e. The predicted octanol–water partition coefficient (Wildman–Crippen LogP) is 2.80. The number of benzene rings is 2. The Morgan fingerprint density at radius 3 is 2.22 bits per heavy atom. The largest absolute Gasteiger partial charge is 0.274 e. The van der Waals surface area contributed by atoms with E-state index < -0.39 is 4.92 Å². The number of hydrogen-bond acceptors (Lipinski definition) is 5. The summed E-state index contributed by atoms with van der Waals surface area (Å²) in [6.45, 7) is 0.427. The van der Waals surface area contributed by atoms with E-state index in [9.17, 15) is 14.5 Å². The van der Waals surface area contributed by atoms with Gasteiger partial charge < -0.3 is 0 Å².